The molecule has 1 aromatic rings. The van der Waals surface area contributed by atoms with Crippen molar-refractivity contribution in [2.24, 2.45) is 5.92 Å². The third-order valence-corrected chi connectivity index (χ3v) is 3.13. The maximum Gasteiger partial charge on any atom is 0.325 e. The Balaban J connectivity index is 2.68. The number of nitrogens with one attached hydrogen (secondary N) is 1. The maximum atomic E-state index is 12.1. The highest BCUT2D eigenvalue weighted by molar-refractivity contribution is 6.11. The molecule has 19 heavy (non-hydrogen) atoms. The normalized spacial score (nSPS) is 21.5. The fourth-order valence-corrected chi connectivity index (χ4v) is 2.19. The van der Waals surface area contributed by atoms with Crippen LogP contribution in [0.5, 0.6) is 0 Å². The molecule has 0 aliphatic carbocycles. The van der Waals surface area contributed by atoms with Crippen LogP contribution in [-0.2, 0) is 19.7 Å². The van der Waals surface area contributed by atoms with E-state index in [9.17, 15) is 14.9 Å². The molecular formula is C13H9N3O3. The van der Waals surface area contributed by atoms with Crippen LogP contribution in [0.3, 0.4) is 0 Å². The number of amides is 1. The fourth-order valence-electron chi connectivity index (χ4n) is 2.19. The van der Waals surface area contributed by atoms with Crippen LogP contribution in [-0.4, -0.2) is 19.0 Å². The van der Waals surface area contributed by atoms with Crippen molar-refractivity contribution in [3.8, 4) is 12.1 Å². The predicted octanol–water partition coefficient (Wildman–Crippen LogP) is 0.713. The Morgan fingerprint density at radius 3 is 2.68 bits per heavy atom. The first kappa shape index (κ1) is 12.6. The van der Waals surface area contributed by atoms with Gasteiger partial charge in [0.1, 0.15) is 0 Å². The summed E-state index contributed by atoms with van der Waals surface area (Å²) in [7, 11) is 1.11. The van der Waals surface area contributed by atoms with Gasteiger partial charge in [0.2, 0.25) is 0 Å². The summed E-state index contributed by atoms with van der Waals surface area (Å²) in [6.07, 6.45) is 0. The Bertz CT molecular complexity index is 641. The number of methoxy groups -OCH3 is 1. The second-order valence-electron chi connectivity index (χ2n) is 4.00. The first-order chi connectivity index (χ1) is 9.11. The van der Waals surface area contributed by atoms with Gasteiger partial charge in [-0.1, -0.05) is 18.2 Å². The van der Waals surface area contributed by atoms with Gasteiger partial charge in [-0.15, -0.1) is 0 Å². The summed E-state index contributed by atoms with van der Waals surface area (Å²) in [4.78, 5) is 23.8. The van der Waals surface area contributed by atoms with Crippen LogP contribution in [0.25, 0.3) is 0 Å². The summed E-state index contributed by atoms with van der Waals surface area (Å²) in [5.74, 6) is -3.10. The molecule has 0 fully saturated rings. The molecule has 2 unspecified atom stereocenters. The van der Waals surface area contributed by atoms with Gasteiger partial charge in [-0.25, -0.2) is 0 Å². The Labute approximate surface area is 109 Å². The number of fused-ring (bicyclic) bond motifs is 1. The molecule has 0 bridgehead atoms. The molecule has 1 amide bonds. The molecule has 0 radical (unpaired) electrons. The number of rotatable bonds is 2. The SMILES string of the molecule is COC(=O)C(C#N)C1(C#N)C(=O)Nc2ccccc21. The second kappa shape index (κ2) is 4.43. The average Bonchev–Trinajstić information content (AvgIpc) is 2.72. The van der Waals surface area contributed by atoms with Crippen LogP contribution in [0.2, 0.25) is 0 Å². The molecule has 2 rings (SSSR count). The van der Waals surface area contributed by atoms with E-state index in [1.54, 1.807) is 30.3 Å². The Morgan fingerprint density at radius 1 is 1.42 bits per heavy atom. The van der Waals surface area contributed by atoms with E-state index in [0.717, 1.165) is 7.11 Å². The van der Waals surface area contributed by atoms with Crippen molar-refractivity contribution in [2.75, 3.05) is 12.4 Å². The minimum atomic E-state index is -1.86. The van der Waals surface area contributed by atoms with Crippen LogP contribution in [0.4, 0.5) is 5.69 Å². The summed E-state index contributed by atoms with van der Waals surface area (Å²) in [5, 5.41) is 21.1. The number of nitrogens with zero attached hydrogens (tertiary/aromatic N) is 2. The first-order valence-corrected chi connectivity index (χ1v) is 5.41. The van der Waals surface area contributed by atoms with Crippen molar-refractivity contribution >= 4 is 17.6 Å². The Kier molecular flexibility index (Phi) is 2.94. The monoisotopic (exact) mass is 255 g/mol. The lowest BCUT2D eigenvalue weighted by Gasteiger charge is -2.22. The number of carbonyl (C=O) groups is 2. The van der Waals surface area contributed by atoms with Crippen molar-refractivity contribution < 1.29 is 14.3 Å². The van der Waals surface area contributed by atoms with Gasteiger partial charge in [0.05, 0.1) is 19.2 Å². The zero-order valence-corrected chi connectivity index (χ0v) is 10.0. The molecule has 1 N–H and O–H groups in total. The van der Waals surface area contributed by atoms with E-state index >= 15 is 0 Å². The van der Waals surface area contributed by atoms with Crippen LogP contribution in [0.15, 0.2) is 24.3 Å². The molecule has 0 spiro atoms. The van der Waals surface area contributed by atoms with E-state index in [-0.39, 0.29) is 0 Å². The van der Waals surface area contributed by atoms with Gasteiger partial charge in [0, 0.05) is 11.3 Å². The Hall–Kier alpha value is -2.86. The van der Waals surface area contributed by atoms with E-state index in [1.165, 1.54) is 0 Å². The van der Waals surface area contributed by atoms with Crippen molar-refractivity contribution in [3.63, 3.8) is 0 Å². The summed E-state index contributed by atoms with van der Waals surface area (Å²) in [5.41, 5.74) is -1.11. The summed E-state index contributed by atoms with van der Waals surface area (Å²) in [6, 6.07) is 9.99. The number of carbonyl (C=O) groups excluding carboxylic acids is 2. The van der Waals surface area contributed by atoms with Crippen molar-refractivity contribution in [1.82, 2.24) is 0 Å². The lowest BCUT2D eigenvalue weighted by atomic mass is 9.72. The number of nitriles is 2. The van der Waals surface area contributed by atoms with Crippen LogP contribution >= 0.6 is 0 Å². The summed E-state index contributed by atoms with van der Waals surface area (Å²) >= 11 is 0. The van der Waals surface area contributed by atoms with Gasteiger partial charge in [0.25, 0.3) is 5.91 Å². The van der Waals surface area contributed by atoms with Crippen LogP contribution in [0, 0.1) is 28.6 Å². The molecule has 2 atom stereocenters. The van der Waals surface area contributed by atoms with E-state index in [4.69, 9.17) is 5.26 Å². The molecule has 1 aliphatic heterocycles. The maximum absolute atomic E-state index is 12.1. The highest BCUT2D eigenvalue weighted by Gasteiger charge is 2.57. The van der Waals surface area contributed by atoms with Crippen molar-refractivity contribution in [1.29, 1.82) is 10.5 Å². The molecule has 0 saturated carbocycles. The number of hydrogen-bond acceptors (Lipinski definition) is 5. The summed E-state index contributed by atoms with van der Waals surface area (Å²) < 4.78 is 4.51. The fraction of sp³-hybridized carbons (Fsp3) is 0.231. The van der Waals surface area contributed by atoms with E-state index in [1.807, 2.05) is 6.07 Å². The standard InChI is InChI=1S/C13H9N3O3/c1-19-11(17)9(6-14)13(7-15)8-4-2-3-5-10(8)16-12(13)18/h2-5,9H,1H3,(H,16,18). The quantitative estimate of drug-likeness (QED) is 0.784. The van der Waals surface area contributed by atoms with E-state index in [0.29, 0.717) is 11.3 Å². The van der Waals surface area contributed by atoms with Crippen molar-refractivity contribution in [3.05, 3.63) is 29.8 Å². The predicted molar refractivity (Wildman–Crippen MR) is 63.5 cm³/mol. The van der Waals surface area contributed by atoms with Crippen molar-refractivity contribution in [2.45, 2.75) is 5.41 Å². The lowest BCUT2D eigenvalue weighted by Crippen LogP contribution is -2.44. The molecular weight excluding hydrogens is 246 g/mol. The average molecular weight is 255 g/mol. The molecule has 6 heteroatoms. The first-order valence-electron chi connectivity index (χ1n) is 5.41. The number of benzene rings is 1. The van der Waals surface area contributed by atoms with Gasteiger partial charge in [0.15, 0.2) is 11.3 Å². The molecule has 94 valence electrons. The number of ether oxygens (including phenoxy) is 1. The second-order valence-corrected chi connectivity index (χ2v) is 4.00. The highest BCUT2D eigenvalue weighted by Crippen LogP contribution is 2.42. The zero-order chi connectivity index (χ0) is 14.0. The topological polar surface area (TPSA) is 103 Å². The number of para-hydroxylation sites is 1. The van der Waals surface area contributed by atoms with Gasteiger partial charge < -0.3 is 10.1 Å². The lowest BCUT2D eigenvalue weighted by molar-refractivity contribution is -0.146. The molecule has 6 nitrogen and oxygen atoms in total. The summed E-state index contributed by atoms with van der Waals surface area (Å²) in [6.45, 7) is 0. The van der Waals surface area contributed by atoms with Crippen LogP contribution < -0.4 is 5.32 Å². The Morgan fingerprint density at radius 2 is 2.11 bits per heavy atom. The van der Waals surface area contributed by atoms with Gasteiger partial charge in [-0.2, -0.15) is 10.5 Å². The minimum Gasteiger partial charge on any atom is -0.468 e. The molecule has 0 aromatic heterocycles. The number of esters is 1. The zero-order valence-electron chi connectivity index (χ0n) is 10.0. The molecule has 1 aromatic carbocycles. The third kappa shape index (κ3) is 1.54. The minimum absolute atomic E-state index is 0.319. The number of anilines is 1. The van der Waals surface area contributed by atoms with Crippen LogP contribution in [0.1, 0.15) is 5.56 Å². The molecule has 0 saturated heterocycles. The van der Waals surface area contributed by atoms with Gasteiger partial charge in [-0.3, -0.25) is 9.59 Å². The molecule has 1 aliphatic rings. The highest BCUT2D eigenvalue weighted by atomic mass is 16.5. The number of hydrogen-bond donors (Lipinski definition) is 1. The van der Waals surface area contributed by atoms with E-state index < -0.39 is 23.2 Å². The molecule has 1 heterocycles. The van der Waals surface area contributed by atoms with Gasteiger partial charge >= 0.3 is 5.97 Å². The smallest absolute Gasteiger partial charge is 0.325 e. The van der Waals surface area contributed by atoms with E-state index in [2.05, 4.69) is 10.1 Å². The third-order valence-electron chi connectivity index (χ3n) is 3.13. The van der Waals surface area contributed by atoms with Gasteiger partial charge in [-0.05, 0) is 6.07 Å². The largest absolute Gasteiger partial charge is 0.468 e.